The van der Waals surface area contributed by atoms with E-state index in [1.807, 2.05) is 0 Å². The first-order valence-corrected chi connectivity index (χ1v) is 9.21. The van der Waals surface area contributed by atoms with Gasteiger partial charge in [0.1, 0.15) is 10.9 Å². The van der Waals surface area contributed by atoms with E-state index in [0.717, 1.165) is 13.2 Å². The van der Waals surface area contributed by atoms with Crippen molar-refractivity contribution in [3.05, 3.63) is 69.8 Å². The topological polar surface area (TPSA) is 156 Å². The summed E-state index contributed by atoms with van der Waals surface area (Å²) in [6, 6.07) is 8.99. The number of rotatable bonds is 7. The molecule has 148 valence electrons. The molecule has 2 rings (SSSR count). The summed E-state index contributed by atoms with van der Waals surface area (Å²) in [6.07, 6.45) is -0.106. The van der Waals surface area contributed by atoms with Gasteiger partial charge in [-0.05, 0) is 24.1 Å². The molecule has 11 heteroatoms. The summed E-state index contributed by atoms with van der Waals surface area (Å²) in [5, 5.41) is 10.6. The van der Waals surface area contributed by atoms with Crippen LogP contribution in [0.3, 0.4) is 0 Å². The average molecular weight is 408 g/mol. The largest absolute Gasteiger partial charge is 0.465 e. The number of nitro groups is 1. The third kappa shape index (κ3) is 4.90. The second-order valence-electron chi connectivity index (χ2n) is 5.58. The minimum absolute atomic E-state index is 0.106. The second kappa shape index (κ2) is 8.59. The minimum Gasteiger partial charge on any atom is -0.465 e. The highest BCUT2D eigenvalue weighted by Crippen LogP contribution is 2.20. The molecule has 2 aromatic rings. The van der Waals surface area contributed by atoms with E-state index in [9.17, 15) is 28.1 Å². The molecule has 0 aliphatic heterocycles. The third-order valence-electron chi connectivity index (χ3n) is 3.66. The number of esters is 1. The summed E-state index contributed by atoms with van der Waals surface area (Å²) >= 11 is 0. The Bertz CT molecular complexity index is 1000. The van der Waals surface area contributed by atoms with E-state index in [4.69, 9.17) is 5.73 Å². The van der Waals surface area contributed by atoms with E-state index in [-0.39, 0.29) is 17.7 Å². The first-order chi connectivity index (χ1) is 13.2. The van der Waals surface area contributed by atoms with Gasteiger partial charge in [-0.15, -0.1) is 0 Å². The normalized spacial score (nSPS) is 12.1. The molecule has 0 fully saturated rings. The highest BCUT2D eigenvalue weighted by atomic mass is 32.2. The van der Waals surface area contributed by atoms with Crippen molar-refractivity contribution in [3.8, 4) is 0 Å². The van der Waals surface area contributed by atoms with Crippen LogP contribution in [0.2, 0.25) is 0 Å². The fourth-order valence-corrected chi connectivity index (χ4v) is 3.36. The number of hydrogen-bond donors (Lipinski definition) is 1. The predicted molar refractivity (Wildman–Crippen MR) is 95.8 cm³/mol. The van der Waals surface area contributed by atoms with Gasteiger partial charge >= 0.3 is 22.1 Å². The molecule has 0 saturated heterocycles. The Morgan fingerprint density at radius 3 is 2.32 bits per heavy atom. The van der Waals surface area contributed by atoms with Crippen molar-refractivity contribution in [2.75, 3.05) is 7.11 Å². The molecule has 0 aliphatic carbocycles. The molecule has 28 heavy (non-hydrogen) atoms. The molecule has 0 heterocycles. The molecule has 10 nitrogen and oxygen atoms in total. The number of carbonyl (C=O) groups is 2. The van der Waals surface area contributed by atoms with E-state index < -0.39 is 37.9 Å². The standard InChI is InChI=1S/C17H16N2O8S/c1-26-16(20)13-4-2-3-5-15(13)28(24,25)27-17(21)14(18)10-11-6-8-12(9-7-11)19(22)23/h2-9,14H,10,18H2,1H3/t14-/m1/s1. The second-order valence-corrected chi connectivity index (χ2v) is 7.09. The van der Waals surface area contributed by atoms with E-state index in [0.29, 0.717) is 5.56 Å². The van der Waals surface area contributed by atoms with Gasteiger partial charge in [0.05, 0.1) is 17.6 Å². The van der Waals surface area contributed by atoms with Gasteiger partial charge in [-0.2, -0.15) is 8.42 Å². The number of methoxy groups -OCH3 is 1. The van der Waals surface area contributed by atoms with Crippen molar-refractivity contribution < 1.29 is 31.9 Å². The van der Waals surface area contributed by atoms with Crippen LogP contribution in [0.5, 0.6) is 0 Å². The summed E-state index contributed by atoms with van der Waals surface area (Å²) in [6.45, 7) is 0. The summed E-state index contributed by atoms with van der Waals surface area (Å²) in [5.41, 5.74) is 5.74. The van der Waals surface area contributed by atoms with Crippen molar-refractivity contribution in [2.45, 2.75) is 17.4 Å². The lowest BCUT2D eigenvalue weighted by atomic mass is 10.1. The Labute approximate surface area is 160 Å². The maximum absolute atomic E-state index is 12.4. The van der Waals surface area contributed by atoms with Crippen LogP contribution in [-0.2, 0) is 30.3 Å². The van der Waals surface area contributed by atoms with Crippen molar-refractivity contribution in [3.63, 3.8) is 0 Å². The zero-order valence-electron chi connectivity index (χ0n) is 14.6. The summed E-state index contributed by atoms with van der Waals surface area (Å²) in [4.78, 5) is 33.4. The number of ether oxygens (including phenoxy) is 1. The van der Waals surface area contributed by atoms with Crippen LogP contribution in [0.25, 0.3) is 0 Å². The lowest BCUT2D eigenvalue weighted by molar-refractivity contribution is -0.384. The SMILES string of the molecule is COC(=O)c1ccccc1S(=O)(=O)OC(=O)[C@H](N)Cc1ccc([N+](=O)[O-])cc1. The van der Waals surface area contributed by atoms with Gasteiger partial charge in [0.2, 0.25) is 0 Å². The van der Waals surface area contributed by atoms with Gasteiger partial charge in [0.15, 0.2) is 0 Å². The first-order valence-electron chi connectivity index (χ1n) is 7.80. The molecular formula is C17H16N2O8S. The molecule has 2 aromatic carbocycles. The Hall–Kier alpha value is -3.31. The zero-order valence-corrected chi connectivity index (χ0v) is 15.4. The Morgan fingerprint density at radius 2 is 1.75 bits per heavy atom. The van der Waals surface area contributed by atoms with Crippen LogP contribution in [0.4, 0.5) is 5.69 Å². The molecular weight excluding hydrogens is 392 g/mol. The highest BCUT2D eigenvalue weighted by Gasteiger charge is 2.29. The van der Waals surface area contributed by atoms with E-state index in [1.165, 1.54) is 42.5 Å². The fourth-order valence-electron chi connectivity index (χ4n) is 2.27. The molecule has 0 saturated carbocycles. The molecule has 2 N–H and O–H groups in total. The number of benzene rings is 2. The van der Waals surface area contributed by atoms with Crippen molar-refractivity contribution in [2.24, 2.45) is 5.73 Å². The van der Waals surface area contributed by atoms with Crippen LogP contribution in [-0.4, -0.2) is 38.4 Å². The van der Waals surface area contributed by atoms with Crippen LogP contribution in [0.15, 0.2) is 53.4 Å². The Balaban J connectivity index is 2.15. The Morgan fingerprint density at radius 1 is 1.14 bits per heavy atom. The van der Waals surface area contributed by atoms with Crippen LogP contribution >= 0.6 is 0 Å². The predicted octanol–water partition coefficient (Wildman–Crippen LogP) is 1.18. The van der Waals surface area contributed by atoms with E-state index in [2.05, 4.69) is 8.92 Å². The molecule has 0 amide bonds. The van der Waals surface area contributed by atoms with Crippen LogP contribution < -0.4 is 5.73 Å². The van der Waals surface area contributed by atoms with Crippen molar-refractivity contribution >= 4 is 27.7 Å². The molecule has 0 aliphatic rings. The number of nitrogens with zero attached hydrogens (tertiary/aromatic N) is 1. The molecule has 0 radical (unpaired) electrons. The molecule has 0 bridgehead atoms. The van der Waals surface area contributed by atoms with Crippen LogP contribution in [0.1, 0.15) is 15.9 Å². The number of nitro benzene ring substituents is 1. The molecule has 1 atom stereocenters. The third-order valence-corrected chi connectivity index (χ3v) is 4.94. The quantitative estimate of drug-likeness (QED) is 0.307. The lowest BCUT2D eigenvalue weighted by Crippen LogP contribution is -2.36. The fraction of sp³-hybridized carbons (Fsp3) is 0.176. The Kier molecular flexibility index (Phi) is 6.44. The first kappa shape index (κ1) is 21.0. The average Bonchev–Trinajstić information content (AvgIpc) is 2.67. The van der Waals surface area contributed by atoms with Crippen molar-refractivity contribution in [1.82, 2.24) is 0 Å². The van der Waals surface area contributed by atoms with Gasteiger partial charge in [-0.3, -0.25) is 10.1 Å². The molecule has 0 aromatic heterocycles. The minimum atomic E-state index is -4.62. The van der Waals surface area contributed by atoms with Crippen LogP contribution in [0, 0.1) is 10.1 Å². The van der Waals surface area contributed by atoms with Gasteiger partial charge in [-0.25, -0.2) is 9.59 Å². The van der Waals surface area contributed by atoms with E-state index >= 15 is 0 Å². The molecule has 0 spiro atoms. The maximum Gasteiger partial charge on any atom is 0.342 e. The number of non-ortho nitro benzene ring substituents is 1. The summed E-state index contributed by atoms with van der Waals surface area (Å²) in [7, 11) is -3.54. The van der Waals surface area contributed by atoms with Gasteiger partial charge < -0.3 is 14.7 Å². The van der Waals surface area contributed by atoms with Gasteiger partial charge in [0.25, 0.3) is 5.69 Å². The summed E-state index contributed by atoms with van der Waals surface area (Å²) < 4.78 is 33.8. The maximum atomic E-state index is 12.4. The zero-order chi connectivity index (χ0) is 20.9. The number of hydrogen-bond acceptors (Lipinski definition) is 9. The summed E-state index contributed by atoms with van der Waals surface area (Å²) in [5.74, 6) is -2.15. The smallest absolute Gasteiger partial charge is 0.342 e. The monoisotopic (exact) mass is 408 g/mol. The van der Waals surface area contributed by atoms with Gasteiger partial charge in [0, 0.05) is 12.1 Å². The lowest BCUT2D eigenvalue weighted by Gasteiger charge is -2.13. The molecule has 0 unspecified atom stereocenters. The van der Waals surface area contributed by atoms with Gasteiger partial charge in [-0.1, -0.05) is 24.3 Å². The van der Waals surface area contributed by atoms with E-state index in [1.54, 1.807) is 0 Å². The number of nitrogens with two attached hydrogens (primary N) is 1. The van der Waals surface area contributed by atoms with Crippen molar-refractivity contribution in [1.29, 1.82) is 0 Å². The number of carbonyl (C=O) groups excluding carboxylic acids is 2. The highest BCUT2D eigenvalue weighted by molar-refractivity contribution is 7.87.